The number of halogens is 5. The minimum Gasteiger partial charge on any atom is -0.497 e. The SMILES string of the molecule is COc1ccc(CNc2ccc(CC(=O)c3cc(NC(=O)C4C(c5cc(Cl)cc(Cl)c5)C4(Cl)Cl)ccc3Cl)c(C)c2)cc1. The maximum Gasteiger partial charge on any atom is 0.231 e. The van der Waals surface area contributed by atoms with Gasteiger partial charge in [0.1, 0.15) is 10.1 Å². The molecular formula is C33H27Cl5N2O3. The number of Topliss-reactive ketones (excluding diaryl/α,β-unsaturated/α-hetero) is 1. The first-order valence-corrected chi connectivity index (χ1v) is 15.3. The van der Waals surface area contributed by atoms with Gasteiger partial charge in [0.05, 0.1) is 18.1 Å². The van der Waals surface area contributed by atoms with E-state index in [1.807, 2.05) is 49.4 Å². The van der Waals surface area contributed by atoms with Gasteiger partial charge >= 0.3 is 0 Å². The number of alkyl halides is 2. The number of hydrogen-bond donors (Lipinski definition) is 2. The monoisotopic (exact) mass is 674 g/mol. The lowest BCUT2D eigenvalue weighted by Gasteiger charge is -2.12. The van der Waals surface area contributed by atoms with Crippen molar-refractivity contribution >= 4 is 81.1 Å². The zero-order valence-electron chi connectivity index (χ0n) is 23.2. The molecule has 2 unspecified atom stereocenters. The Labute approximate surface area is 275 Å². The summed E-state index contributed by atoms with van der Waals surface area (Å²) in [5, 5.41) is 7.37. The van der Waals surface area contributed by atoms with Crippen molar-refractivity contribution in [1.82, 2.24) is 0 Å². The highest BCUT2D eigenvalue weighted by molar-refractivity contribution is 6.53. The van der Waals surface area contributed by atoms with Gasteiger partial charge in [-0.25, -0.2) is 0 Å². The van der Waals surface area contributed by atoms with Gasteiger partial charge in [-0.15, -0.1) is 23.2 Å². The highest BCUT2D eigenvalue weighted by Gasteiger charge is 2.67. The number of rotatable bonds is 10. The summed E-state index contributed by atoms with van der Waals surface area (Å²) in [6.07, 6.45) is 0.147. The molecule has 0 heterocycles. The maximum atomic E-state index is 13.3. The maximum absolute atomic E-state index is 13.3. The van der Waals surface area contributed by atoms with Crippen molar-refractivity contribution in [2.75, 3.05) is 17.7 Å². The van der Waals surface area contributed by atoms with Crippen LogP contribution >= 0.6 is 58.0 Å². The largest absolute Gasteiger partial charge is 0.497 e. The molecule has 222 valence electrons. The molecule has 4 aromatic carbocycles. The highest BCUT2D eigenvalue weighted by Crippen LogP contribution is 2.65. The van der Waals surface area contributed by atoms with Crippen LogP contribution in [0.3, 0.4) is 0 Å². The predicted molar refractivity (Wildman–Crippen MR) is 177 cm³/mol. The number of anilines is 2. The van der Waals surface area contributed by atoms with Gasteiger partial charge in [-0.2, -0.15) is 0 Å². The first-order chi connectivity index (χ1) is 20.5. The molecule has 0 spiro atoms. The van der Waals surface area contributed by atoms with Gasteiger partial charge in [0.15, 0.2) is 5.78 Å². The third-order valence-electron chi connectivity index (χ3n) is 7.46. The molecular weight excluding hydrogens is 650 g/mol. The van der Waals surface area contributed by atoms with Crippen molar-refractivity contribution in [3.63, 3.8) is 0 Å². The molecule has 1 amide bonds. The lowest BCUT2D eigenvalue weighted by molar-refractivity contribution is -0.117. The summed E-state index contributed by atoms with van der Waals surface area (Å²) in [4.78, 5) is 26.5. The molecule has 43 heavy (non-hydrogen) atoms. The number of ketones is 1. The third kappa shape index (κ3) is 7.25. The van der Waals surface area contributed by atoms with Gasteiger partial charge in [0, 0.05) is 45.9 Å². The fourth-order valence-electron chi connectivity index (χ4n) is 5.08. The minimum atomic E-state index is -1.32. The van der Waals surface area contributed by atoms with Crippen LogP contribution in [-0.4, -0.2) is 23.1 Å². The summed E-state index contributed by atoms with van der Waals surface area (Å²) in [5.41, 5.74) is 5.29. The minimum absolute atomic E-state index is 0.147. The van der Waals surface area contributed by atoms with Crippen LogP contribution in [0, 0.1) is 12.8 Å². The van der Waals surface area contributed by atoms with Gasteiger partial charge in [0.25, 0.3) is 0 Å². The van der Waals surface area contributed by atoms with Crippen LogP contribution in [0.5, 0.6) is 5.75 Å². The van der Waals surface area contributed by atoms with E-state index in [1.165, 1.54) is 0 Å². The van der Waals surface area contributed by atoms with E-state index in [2.05, 4.69) is 10.6 Å². The summed E-state index contributed by atoms with van der Waals surface area (Å²) in [7, 11) is 1.64. The summed E-state index contributed by atoms with van der Waals surface area (Å²) in [6, 6.07) is 23.5. The number of aryl methyl sites for hydroxylation is 1. The third-order valence-corrected chi connectivity index (χ3v) is 9.17. The first-order valence-electron chi connectivity index (χ1n) is 13.4. The lowest BCUT2D eigenvalue weighted by atomic mass is 9.98. The van der Waals surface area contributed by atoms with Crippen LogP contribution in [0.25, 0.3) is 0 Å². The topological polar surface area (TPSA) is 67.4 Å². The normalized spacial score (nSPS) is 16.8. The first kappa shape index (κ1) is 31.5. The average Bonchev–Trinajstić information content (AvgIpc) is 3.55. The van der Waals surface area contributed by atoms with Crippen molar-refractivity contribution in [1.29, 1.82) is 0 Å². The fourth-order valence-corrected chi connectivity index (χ4v) is 6.67. The van der Waals surface area contributed by atoms with Crippen molar-refractivity contribution in [3.05, 3.63) is 122 Å². The van der Waals surface area contributed by atoms with Crippen LogP contribution < -0.4 is 15.4 Å². The molecule has 1 aliphatic rings. The lowest BCUT2D eigenvalue weighted by Crippen LogP contribution is -2.17. The van der Waals surface area contributed by atoms with E-state index in [0.29, 0.717) is 38.4 Å². The van der Waals surface area contributed by atoms with Crippen molar-refractivity contribution < 1.29 is 14.3 Å². The molecule has 2 atom stereocenters. The van der Waals surface area contributed by atoms with Gasteiger partial charge < -0.3 is 15.4 Å². The molecule has 0 bridgehead atoms. The number of carbonyl (C=O) groups excluding carboxylic acids is 2. The van der Waals surface area contributed by atoms with Crippen molar-refractivity contribution in [2.24, 2.45) is 5.92 Å². The van der Waals surface area contributed by atoms with E-state index in [0.717, 1.165) is 28.1 Å². The van der Waals surface area contributed by atoms with E-state index < -0.39 is 16.2 Å². The van der Waals surface area contributed by atoms with Crippen LogP contribution in [0.1, 0.15) is 38.5 Å². The van der Waals surface area contributed by atoms with Gasteiger partial charge in [-0.3, -0.25) is 9.59 Å². The fraction of sp³-hybridized carbons (Fsp3) is 0.212. The zero-order valence-corrected chi connectivity index (χ0v) is 27.0. The van der Waals surface area contributed by atoms with E-state index in [1.54, 1.807) is 43.5 Å². The molecule has 0 radical (unpaired) electrons. The Hall–Kier alpha value is -2.93. The number of hydrogen-bond acceptors (Lipinski definition) is 4. The number of carbonyl (C=O) groups is 2. The van der Waals surface area contributed by atoms with Crippen molar-refractivity contribution in [2.45, 2.75) is 30.1 Å². The second kappa shape index (κ2) is 13.0. The molecule has 2 N–H and O–H groups in total. The average molecular weight is 677 g/mol. The number of nitrogens with one attached hydrogen (secondary N) is 2. The van der Waals surface area contributed by atoms with E-state index in [4.69, 9.17) is 62.7 Å². The van der Waals surface area contributed by atoms with Gasteiger partial charge in [-0.1, -0.05) is 53.0 Å². The number of ether oxygens (including phenoxy) is 1. The Morgan fingerprint density at radius 1 is 0.860 bits per heavy atom. The Balaban J connectivity index is 1.23. The Bertz CT molecular complexity index is 1670. The van der Waals surface area contributed by atoms with E-state index in [9.17, 15) is 9.59 Å². The second-order valence-electron chi connectivity index (χ2n) is 10.5. The van der Waals surface area contributed by atoms with Crippen LogP contribution in [0.2, 0.25) is 15.1 Å². The standard InChI is InChI=1S/C33H27Cl5N2O3/c1-18-11-24(39-17-19-3-8-26(43-2)9-4-19)6-5-20(18)14-29(41)27-16-25(7-10-28(27)36)40-32(42)31-30(33(31,37)38)21-12-22(34)15-23(35)13-21/h3-13,15-16,30-31,39H,14,17H2,1-2H3,(H,40,42). The van der Waals surface area contributed by atoms with E-state index in [-0.39, 0.29) is 18.1 Å². The summed E-state index contributed by atoms with van der Waals surface area (Å²) >= 11 is 31.7. The number of methoxy groups -OCH3 is 1. The summed E-state index contributed by atoms with van der Waals surface area (Å²) in [5.74, 6) is -0.979. The quantitative estimate of drug-likeness (QED) is 0.130. The molecule has 1 aliphatic carbocycles. The molecule has 4 aromatic rings. The molecule has 1 fully saturated rings. The molecule has 10 heteroatoms. The summed E-state index contributed by atoms with van der Waals surface area (Å²) < 4.78 is 3.89. The van der Waals surface area contributed by atoms with Gasteiger partial charge in [-0.05, 0) is 89.8 Å². The Kier molecular flexibility index (Phi) is 9.50. The predicted octanol–water partition coefficient (Wildman–Crippen LogP) is 9.53. The smallest absolute Gasteiger partial charge is 0.231 e. The second-order valence-corrected chi connectivity index (χ2v) is 13.2. The van der Waals surface area contributed by atoms with Crippen LogP contribution in [0.4, 0.5) is 11.4 Å². The molecule has 5 rings (SSSR count). The Morgan fingerprint density at radius 2 is 1.53 bits per heavy atom. The molecule has 0 saturated heterocycles. The van der Waals surface area contributed by atoms with E-state index >= 15 is 0 Å². The summed E-state index contributed by atoms with van der Waals surface area (Å²) in [6.45, 7) is 2.61. The van der Waals surface area contributed by atoms with Crippen LogP contribution in [0.15, 0.2) is 78.9 Å². The number of benzene rings is 4. The number of amides is 1. The molecule has 0 aliphatic heterocycles. The Morgan fingerprint density at radius 3 is 2.19 bits per heavy atom. The molecule has 0 aromatic heterocycles. The van der Waals surface area contributed by atoms with Gasteiger partial charge in [0.2, 0.25) is 5.91 Å². The zero-order chi connectivity index (χ0) is 30.9. The van der Waals surface area contributed by atoms with Crippen LogP contribution in [-0.2, 0) is 17.8 Å². The van der Waals surface area contributed by atoms with Crippen molar-refractivity contribution in [3.8, 4) is 5.75 Å². The molecule has 5 nitrogen and oxygen atoms in total. The highest BCUT2D eigenvalue weighted by atomic mass is 35.5. The molecule has 1 saturated carbocycles.